The first-order chi connectivity index (χ1) is 9.48. The molecule has 1 amide bonds. The Morgan fingerprint density at radius 1 is 1.50 bits per heavy atom. The van der Waals surface area contributed by atoms with Crippen LogP contribution in [0.3, 0.4) is 0 Å². The van der Waals surface area contributed by atoms with E-state index in [4.69, 9.17) is 5.73 Å². The van der Waals surface area contributed by atoms with E-state index in [1.54, 1.807) is 17.3 Å². The van der Waals surface area contributed by atoms with Crippen LogP contribution in [0.4, 0.5) is 5.69 Å². The minimum atomic E-state index is -0.660. The maximum atomic E-state index is 12.6. The van der Waals surface area contributed by atoms with E-state index in [0.29, 0.717) is 36.5 Å². The summed E-state index contributed by atoms with van der Waals surface area (Å²) < 4.78 is 0.928. The van der Waals surface area contributed by atoms with Gasteiger partial charge in [-0.3, -0.25) is 9.78 Å². The van der Waals surface area contributed by atoms with Gasteiger partial charge in [0.1, 0.15) is 4.88 Å². The molecule has 0 aliphatic carbocycles. The van der Waals surface area contributed by atoms with Gasteiger partial charge in [-0.2, -0.15) is 0 Å². The molecule has 0 spiro atoms. The van der Waals surface area contributed by atoms with Crippen molar-refractivity contribution in [2.45, 2.75) is 25.4 Å². The van der Waals surface area contributed by atoms with Crippen LogP contribution in [-0.2, 0) is 0 Å². The fraction of sp³-hybridized carbons (Fsp3) is 0.429. The van der Waals surface area contributed by atoms with Crippen molar-refractivity contribution in [3.05, 3.63) is 23.3 Å². The van der Waals surface area contributed by atoms with Crippen LogP contribution in [0.15, 0.2) is 18.5 Å². The summed E-state index contributed by atoms with van der Waals surface area (Å²) in [4.78, 5) is 19.0. The molecule has 0 atom stereocenters. The van der Waals surface area contributed by atoms with E-state index >= 15 is 0 Å². The van der Waals surface area contributed by atoms with Gasteiger partial charge in [-0.25, -0.2) is 0 Å². The number of rotatable bonds is 1. The summed E-state index contributed by atoms with van der Waals surface area (Å²) in [7, 11) is 0. The van der Waals surface area contributed by atoms with Crippen molar-refractivity contribution in [3.8, 4) is 0 Å². The number of carbonyl (C=O) groups excluding carboxylic acids is 1. The van der Waals surface area contributed by atoms with E-state index in [-0.39, 0.29) is 5.91 Å². The van der Waals surface area contributed by atoms with Crippen LogP contribution in [0.5, 0.6) is 0 Å². The number of thiophene rings is 1. The predicted molar refractivity (Wildman–Crippen MR) is 79.8 cm³/mol. The van der Waals surface area contributed by atoms with Gasteiger partial charge in [-0.05, 0) is 25.8 Å². The number of hydrogen-bond donors (Lipinski definition) is 2. The highest BCUT2D eigenvalue weighted by molar-refractivity contribution is 7.21. The monoisotopic (exact) mass is 291 g/mol. The molecule has 1 saturated heterocycles. The SMILES string of the molecule is CC1(O)CCN(C(=O)c2sc3cnccc3c2N)CC1. The second-order valence-electron chi connectivity index (χ2n) is 5.51. The molecule has 0 radical (unpaired) electrons. The van der Waals surface area contributed by atoms with E-state index in [1.807, 2.05) is 13.0 Å². The van der Waals surface area contributed by atoms with Gasteiger partial charge >= 0.3 is 0 Å². The molecule has 0 saturated carbocycles. The first-order valence-electron chi connectivity index (χ1n) is 6.61. The lowest BCUT2D eigenvalue weighted by Crippen LogP contribution is -2.45. The van der Waals surface area contributed by atoms with Crippen LogP contribution in [-0.4, -0.2) is 39.6 Å². The van der Waals surface area contributed by atoms with Gasteiger partial charge in [0.15, 0.2) is 0 Å². The Kier molecular flexibility index (Phi) is 3.14. The number of amides is 1. The number of likely N-dealkylation sites (tertiary alicyclic amines) is 1. The molecule has 3 rings (SSSR count). The third kappa shape index (κ3) is 2.25. The third-order valence-corrected chi connectivity index (χ3v) is 5.00. The van der Waals surface area contributed by atoms with Gasteiger partial charge in [0, 0.05) is 30.9 Å². The number of nitrogen functional groups attached to an aromatic ring is 1. The van der Waals surface area contributed by atoms with Crippen molar-refractivity contribution in [3.63, 3.8) is 0 Å². The van der Waals surface area contributed by atoms with E-state index < -0.39 is 5.60 Å². The number of pyridine rings is 1. The van der Waals surface area contributed by atoms with E-state index in [9.17, 15) is 9.90 Å². The number of aromatic nitrogens is 1. The lowest BCUT2D eigenvalue weighted by atomic mass is 9.94. The number of carbonyl (C=O) groups is 1. The maximum Gasteiger partial charge on any atom is 0.266 e. The molecule has 3 heterocycles. The molecule has 1 aliphatic rings. The van der Waals surface area contributed by atoms with Crippen molar-refractivity contribution in [1.82, 2.24) is 9.88 Å². The first-order valence-corrected chi connectivity index (χ1v) is 7.43. The standard InChI is InChI=1S/C14H17N3O2S/c1-14(19)3-6-17(7-4-14)13(18)12-11(15)9-2-5-16-8-10(9)20-12/h2,5,8,19H,3-4,6-7,15H2,1H3. The minimum absolute atomic E-state index is 0.0424. The van der Waals surface area contributed by atoms with Crippen LogP contribution in [0.1, 0.15) is 29.4 Å². The molecule has 20 heavy (non-hydrogen) atoms. The Morgan fingerprint density at radius 2 is 2.20 bits per heavy atom. The number of piperidine rings is 1. The van der Waals surface area contributed by atoms with Crippen LogP contribution < -0.4 is 5.73 Å². The van der Waals surface area contributed by atoms with Crippen LogP contribution in [0.25, 0.3) is 10.1 Å². The zero-order chi connectivity index (χ0) is 14.3. The summed E-state index contributed by atoms with van der Waals surface area (Å²) in [6.07, 6.45) is 4.61. The molecule has 6 heteroatoms. The van der Waals surface area contributed by atoms with Gasteiger partial charge in [-0.15, -0.1) is 11.3 Å². The van der Waals surface area contributed by atoms with Crippen LogP contribution in [0, 0.1) is 0 Å². The summed E-state index contributed by atoms with van der Waals surface area (Å²) in [6.45, 7) is 2.95. The predicted octanol–water partition coefficient (Wildman–Crippen LogP) is 1.87. The molecule has 3 N–H and O–H groups in total. The summed E-state index contributed by atoms with van der Waals surface area (Å²) in [5.74, 6) is -0.0424. The molecule has 106 valence electrons. The van der Waals surface area contributed by atoms with Crippen LogP contribution in [0.2, 0.25) is 0 Å². The Labute approximate surface area is 121 Å². The molecule has 1 fully saturated rings. The fourth-order valence-corrected chi connectivity index (χ4v) is 3.52. The number of fused-ring (bicyclic) bond motifs is 1. The fourth-order valence-electron chi connectivity index (χ4n) is 2.47. The highest BCUT2D eigenvalue weighted by atomic mass is 32.1. The minimum Gasteiger partial charge on any atom is -0.397 e. The zero-order valence-electron chi connectivity index (χ0n) is 11.3. The van der Waals surface area contributed by atoms with Gasteiger partial charge in [0.25, 0.3) is 5.91 Å². The van der Waals surface area contributed by atoms with Gasteiger partial charge in [0.2, 0.25) is 0 Å². The molecule has 1 aliphatic heterocycles. The molecule has 0 unspecified atom stereocenters. The molecule has 2 aromatic rings. The summed E-state index contributed by atoms with van der Waals surface area (Å²) in [6, 6.07) is 1.83. The van der Waals surface area contributed by atoms with Crippen molar-refractivity contribution >= 4 is 33.0 Å². The van der Waals surface area contributed by atoms with Gasteiger partial charge in [-0.1, -0.05) is 0 Å². The molecular formula is C14H17N3O2S. The van der Waals surface area contributed by atoms with Crippen molar-refractivity contribution in [2.75, 3.05) is 18.8 Å². The van der Waals surface area contributed by atoms with Crippen molar-refractivity contribution in [1.29, 1.82) is 0 Å². The smallest absolute Gasteiger partial charge is 0.266 e. The molecule has 2 aromatic heterocycles. The third-order valence-electron chi connectivity index (χ3n) is 3.85. The normalized spacial score (nSPS) is 18.4. The quantitative estimate of drug-likeness (QED) is 0.840. The average Bonchev–Trinajstić information content (AvgIpc) is 2.76. The Morgan fingerprint density at radius 3 is 2.85 bits per heavy atom. The second kappa shape index (κ2) is 4.71. The van der Waals surface area contributed by atoms with E-state index in [2.05, 4.69) is 4.98 Å². The highest BCUT2D eigenvalue weighted by Crippen LogP contribution is 2.34. The number of hydrogen-bond acceptors (Lipinski definition) is 5. The number of aliphatic hydroxyl groups is 1. The molecule has 0 bridgehead atoms. The summed E-state index contributed by atoms with van der Waals surface area (Å²) in [5.41, 5.74) is 5.96. The Hall–Kier alpha value is -1.66. The van der Waals surface area contributed by atoms with E-state index in [0.717, 1.165) is 10.1 Å². The van der Waals surface area contributed by atoms with E-state index in [1.165, 1.54) is 11.3 Å². The largest absolute Gasteiger partial charge is 0.397 e. The summed E-state index contributed by atoms with van der Waals surface area (Å²) >= 11 is 1.38. The topological polar surface area (TPSA) is 79.5 Å². The Balaban J connectivity index is 1.88. The molecule has 5 nitrogen and oxygen atoms in total. The van der Waals surface area contributed by atoms with Gasteiger partial charge < -0.3 is 15.7 Å². The summed E-state index contributed by atoms with van der Waals surface area (Å²) in [5, 5.41) is 10.8. The lowest BCUT2D eigenvalue weighted by molar-refractivity contribution is -0.00184. The van der Waals surface area contributed by atoms with Gasteiger partial charge in [0.05, 0.1) is 16.0 Å². The highest BCUT2D eigenvalue weighted by Gasteiger charge is 2.31. The average molecular weight is 291 g/mol. The molecular weight excluding hydrogens is 274 g/mol. The van der Waals surface area contributed by atoms with Crippen molar-refractivity contribution < 1.29 is 9.90 Å². The van der Waals surface area contributed by atoms with Crippen molar-refractivity contribution in [2.24, 2.45) is 0 Å². The maximum absolute atomic E-state index is 12.6. The second-order valence-corrected chi connectivity index (χ2v) is 6.56. The zero-order valence-corrected chi connectivity index (χ0v) is 12.1. The first kappa shape index (κ1) is 13.3. The van der Waals surface area contributed by atoms with Crippen LogP contribution >= 0.6 is 11.3 Å². The number of nitrogens with two attached hydrogens (primary N) is 1. The number of nitrogens with zero attached hydrogens (tertiary/aromatic N) is 2. The number of anilines is 1. The lowest BCUT2D eigenvalue weighted by Gasteiger charge is -2.35. The Bertz CT molecular complexity index is 655. The molecule has 0 aromatic carbocycles.